The predicted molar refractivity (Wildman–Crippen MR) is 127 cm³/mol. The number of anilines is 2. The number of benzene rings is 1. The molecule has 5 heteroatoms. The molecule has 0 saturated heterocycles. The quantitative estimate of drug-likeness (QED) is 0.690. The first-order valence-electron chi connectivity index (χ1n) is 10.2. The minimum absolute atomic E-state index is 0.0428. The number of hydrogen-bond donors (Lipinski definition) is 1. The molecule has 2 N–H and O–H groups in total. The third kappa shape index (κ3) is 2.94. The van der Waals surface area contributed by atoms with Crippen LogP contribution in [-0.4, -0.2) is 17.6 Å². The molecular formula is C26H25N5. The molecule has 4 rings (SSSR count). The van der Waals surface area contributed by atoms with Crippen molar-refractivity contribution in [1.82, 2.24) is 4.98 Å². The Bertz CT molecular complexity index is 1320. The zero-order valence-corrected chi connectivity index (χ0v) is 18.8. The second-order valence-corrected chi connectivity index (χ2v) is 8.82. The zero-order valence-electron chi connectivity index (χ0n) is 18.8. The minimum Gasteiger partial charge on any atom is -0.383 e. The fourth-order valence-electron chi connectivity index (χ4n) is 4.63. The van der Waals surface area contributed by atoms with E-state index in [1.54, 1.807) is 0 Å². The van der Waals surface area contributed by atoms with E-state index in [1.807, 2.05) is 13.8 Å². The molecule has 1 aliphatic carbocycles. The molecule has 31 heavy (non-hydrogen) atoms. The highest BCUT2D eigenvalue weighted by Gasteiger charge is 2.31. The van der Waals surface area contributed by atoms with Crippen molar-refractivity contribution in [2.75, 3.05) is 17.7 Å². The number of likely N-dealkylation sites (N-methyl/N-ethyl adjacent to an activating group) is 1. The number of pyridine rings is 1. The average molecular weight is 408 g/mol. The molecule has 1 aromatic carbocycles. The standard InChI is InChI=1S/C26H25N5/c1-14-11-26(4,5)31(6)22-8-7-17(9-18(14)22)10-19-15(2)20(12-27)24-23(19)16(3)21(13-28)25(29)30-24/h7-11H,1-6H3,(H2,29,30)/b19-10-. The molecule has 0 spiro atoms. The molecule has 2 aliphatic rings. The van der Waals surface area contributed by atoms with Gasteiger partial charge in [0.2, 0.25) is 0 Å². The lowest BCUT2D eigenvalue weighted by Crippen LogP contribution is -2.42. The molecule has 0 fully saturated rings. The van der Waals surface area contributed by atoms with Gasteiger partial charge in [-0.05, 0) is 80.7 Å². The first-order valence-corrected chi connectivity index (χ1v) is 10.2. The van der Waals surface area contributed by atoms with E-state index in [4.69, 9.17) is 5.73 Å². The highest BCUT2D eigenvalue weighted by atomic mass is 15.2. The largest absolute Gasteiger partial charge is 0.383 e. The van der Waals surface area contributed by atoms with Gasteiger partial charge >= 0.3 is 0 Å². The Morgan fingerprint density at radius 1 is 1.13 bits per heavy atom. The van der Waals surface area contributed by atoms with E-state index in [0.717, 1.165) is 27.8 Å². The van der Waals surface area contributed by atoms with Crippen molar-refractivity contribution in [2.24, 2.45) is 0 Å². The monoisotopic (exact) mass is 407 g/mol. The summed E-state index contributed by atoms with van der Waals surface area (Å²) in [7, 11) is 2.11. The van der Waals surface area contributed by atoms with Crippen LogP contribution >= 0.6 is 0 Å². The molecule has 2 aromatic rings. The molecule has 0 bridgehead atoms. The average Bonchev–Trinajstić information content (AvgIpc) is 2.97. The lowest BCUT2D eigenvalue weighted by atomic mass is 9.88. The Labute approximate surface area is 183 Å². The summed E-state index contributed by atoms with van der Waals surface area (Å²) in [5.74, 6) is 0.167. The van der Waals surface area contributed by atoms with Gasteiger partial charge in [0.25, 0.3) is 0 Å². The SMILES string of the molecule is CC1=CC(C)(C)N(C)c2ccc(/C=C3/C(C)=C(C#N)c4nc(N)c(C#N)c(C)c43)cc21. The third-order valence-electron chi connectivity index (χ3n) is 6.54. The predicted octanol–water partition coefficient (Wildman–Crippen LogP) is 5.33. The summed E-state index contributed by atoms with van der Waals surface area (Å²) in [4.78, 5) is 6.69. The van der Waals surface area contributed by atoms with Gasteiger partial charge in [-0.2, -0.15) is 10.5 Å². The van der Waals surface area contributed by atoms with Crippen LogP contribution in [0.5, 0.6) is 0 Å². The Hall–Kier alpha value is -3.83. The van der Waals surface area contributed by atoms with Crippen molar-refractivity contribution in [3.63, 3.8) is 0 Å². The lowest BCUT2D eigenvalue weighted by molar-refractivity contribution is 0.598. The first-order chi connectivity index (χ1) is 14.6. The van der Waals surface area contributed by atoms with Gasteiger partial charge < -0.3 is 10.6 Å². The summed E-state index contributed by atoms with van der Waals surface area (Å²) in [6, 6.07) is 10.9. The minimum atomic E-state index is -0.0428. The highest BCUT2D eigenvalue weighted by Crippen LogP contribution is 2.45. The number of nitrogen functional groups attached to an aromatic ring is 1. The van der Waals surface area contributed by atoms with Crippen LogP contribution < -0.4 is 10.6 Å². The van der Waals surface area contributed by atoms with E-state index in [0.29, 0.717) is 16.8 Å². The van der Waals surface area contributed by atoms with Crippen LogP contribution in [0.2, 0.25) is 0 Å². The van der Waals surface area contributed by atoms with Gasteiger partial charge in [-0.15, -0.1) is 0 Å². The van der Waals surface area contributed by atoms with Gasteiger partial charge in [-0.3, -0.25) is 0 Å². The van der Waals surface area contributed by atoms with Crippen molar-refractivity contribution in [3.8, 4) is 12.1 Å². The maximum atomic E-state index is 9.75. The van der Waals surface area contributed by atoms with Crippen LogP contribution in [0, 0.1) is 29.6 Å². The summed E-state index contributed by atoms with van der Waals surface area (Å²) >= 11 is 0. The van der Waals surface area contributed by atoms with E-state index >= 15 is 0 Å². The third-order valence-corrected chi connectivity index (χ3v) is 6.54. The fourth-order valence-corrected chi connectivity index (χ4v) is 4.63. The first kappa shape index (κ1) is 20.4. The molecule has 0 radical (unpaired) electrons. The summed E-state index contributed by atoms with van der Waals surface area (Å²) in [5.41, 5.74) is 15.4. The zero-order chi connectivity index (χ0) is 22.7. The summed E-state index contributed by atoms with van der Waals surface area (Å²) in [6.07, 6.45) is 4.37. The number of nitrogens with zero attached hydrogens (tertiary/aromatic N) is 4. The molecule has 0 saturated carbocycles. The van der Waals surface area contributed by atoms with Crippen molar-refractivity contribution < 1.29 is 0 Å². The maximum Gasteiger partial charge on any atom is 0.142 e. The van der Waals surface area contributed by atoms with Crippen molar-refractivity contribution in [3.05, 3.63) is 63.4 Å². The molecule has 0 amide bonds. The van der Waals surface area contributed by atoms with Crippen LogP contribution in [0.3, 0.4) is 0 Å². The van der Waals surface area contributed by atoms with Crippen LogP contribution in [0.4, 0.5) is 11.5 Å². The van der Waals surface area contributed by atoms with E-state index in [2.05, 4.69) is 80.2 Å². The van der Waals surface area contributed by atoms with Gasteiger partial charge in [0.05, 0.1) is 22.4 Å². The van der Waals surface area contributed by atoms with Gasteiger partial charge in [-0.25, -0.2) is 4.98 Å². The molecule has 1 aromatic heterocycles. The van der Waals surface area contributed by atoms with Crippen molar-refractivity contribution >= 4 is 34.3 Å². The molecule has 0 unspecified atom stereocenters. The Morgan fingerprint density at radius 2 is 1.84 bits per heavy atom. The van der Waals surface area contributed by atoms with Crippen molar-refractivity contribution in [2.45, 2.75) is 40.2 Å². The number of nitriles is 2. The lowest BCUT2D eigenvalue weighted by Gasteiger charge is -2.40. The van der Waals surface area contributed by atoms with E-state index in [1.165, 1.54) is 16.8 Å². The Kier molecular flexibility index (Phi) is 4.52. The summed E-state index contributed by atoms with van der Waals surface area (Å²) < 4.78 is 0. The topological polar surface area (TPSA) is 89.7 Å². The molecule has 5 nitrogen and oxygen atoms in total. The van der Waals surface area contributed by atoms with Gasteiger partial charge in [0.1, 0.15) is 18.0 Å². The number of nitrogens with two attached hydrogens (primary N) is 1. The van der Waals surface area contributed by atoms with Gasteiger partial charge in [0.15, 0.2) is 0 Å². The molecule has 154 valence electrons. The number of allylic oxidation sites excluding steroid dienone is 4. The smallest absolute Gasteiger partial charge is 0.142 e. The number of fused-ring (bicyclic) bond motifs is 2. The molecule has 2 heterocycles. The van der Waals surface area contributed by atoms with Crippen LogP contribution in [0.25, 0.3) is 22.8 Å². The fraction of sp³-hybridized carbons (Fsp3) is 0.269. The normalized spacial score (nSPS) is 17.7. The summed E-state index contributed by atoms with van der Waals surface area (Å²) in [6.45, 7) is 10.3. The van der Waals surface area contributed by atoms with E-state index in [9.17, 15) is 10.5 Å². The molecule has 1 aliphatic heterocycles. The van der Waals surface area contributed by atoms with Gasteiger partial charge in [-0.1, -0.05) is 12.1 Å². The van der Waals surface area contributed by atoms with Crippen LogP contribution in [-0.2, 0) is 0 Å². The Balaban J connectivity index is 1.93. The number of rotatable bonds is 1. The number of hydrogen-bond acceptors (Lipinski definition) is 5. The maximum absolute atomic E-state index is 9.75. The van der Waals surface area contributed by atoms with Gasteiger partial charge in [0, 0.05) is 23.9 Å². The molecule has 0 atom stereocenters. The Morgan fingerprint density at radius 3 is 2.48 bits per heavy atom. The second kappa shape index (κ2) is 6.86. The summed E-state index contributed by atoms with van der Waals surface area (Å²) in [5, 5.41) is 19.3. The molecular weight excluding hydrogens is 382 g/mol. The highest BCUT2D eigenvalue weighted by molar-refractivity contribution is 6.08. The van der Waals surface area contributed by atoms with Crippen LogP contribution in [0.15, 0.2) is 29.8 Å². The number of aromatic nitrogens is 1. The van der Waals surface area contributed by atoms with Crippen molar-refractivity contribution in [1.29, 1.82) is 10.5 Å². The van der Waals surface area contributed by atoms with E-state index < -0.39 is 0 Å². The van der Waals surface area contributed by atoms with E-state index in [-0.39, 0.29) is 11.4 Å². The second-order valence-electron chi connectivity index (χ2n) is 8.82. The van der Waals surface area contributed by atoms with Crippen LogP contribution in [0.1, 0.15) is 61.2 Å².